The van der Waals surface area contributed by atoms with Gasteiger partial charge in [-0.1, -0.05) is 23.4 Å². The molecular weight excluding hydrogens is 462 g/mol. The molecule has 12 heteroatoms. The number of halogens is 2. The van der Waals surface area contributed by atoms with E-state index < -0.39 is 22.2 Å². The van der Waals surface area contributed by atoms with Crippen LogP contribution in [-0.2, 0) is 23.6 Å². The van der Waals surface area contributed by atoms with E-state index in [1.807, 2.05) is 4.90 Å². The van der Waals surface area contributed by atoms with E-state index >= 15 is 0 Å². The number of nitro groups is 1. The number of hydrogen-bond donors (Lipinski definition) is 1. The number of benzene rings is 2. The van der Waals surface area contributed by atoms with Crippen molar-refractivity contribution in [3.8, 4) is 0 Å². The van der Waals surface area contributed by atoms with Crippen molar-refractivity contribution in [3.63, 3.8) is 0 Å². The monoisotopic (exact) mass is 486 g/mol. The topological polar surface area (TPSA) is 119 Å². The molecule has 0 spiro atoms. The fourth-order valence-corrected chi connectivity index (χ4v) is 4.06. The summed E-state index contributed by atoms with van der Waals surface area (Å²) in [4.78, 5) is 21.7. The molecule has 0 bridgehead atoms. The van der Waals surface area contributed by atoms with Gasteiger partial charge in [0, 0.05) is 56.2 Å². The van der Waals surface area contributed by atoms with Crippen LogP contribution in [0.3, 0.4) is 0 Å². The van der Waals surface area contributed by atoms with Crippen LogP contribution in [0.4, 0.5) is 14.5 Å². The molecule has 0 aliphatic carbocycles. The molecular formula is C23H24F2N6O4. The number of nitro benzene ring substituents is 1. The van der Waals surface area contributed by atoms with Gasteiger partial charge in [0.05, 0.1) is 17.2 Å². The highest BCUT2D eigenvalue weighted by Crippen LogP contribution is 2.28. The minimum atomic E-state index is -1.67. The zero-order valence-corrected chi connectivity index (χ0v) is 18.8. The molecule has 1 N–H and O–H groups in total. The molecule has 0 radical (unpaired) electrons. The maximum atomic E-state index is 14.6. The Morgan fingerprint density at radius 1 is 1.17 bits per heavy atom. The predicted molar refractivity (Wildman–Crippen MR) is 121 cm³/mol. The number of piperidine rings is 1. The molecule has 10 nitrogen and oxygen atoms in total. The minimum absolute atomic E-state index is 0.0111. The van der Waals surface area contributed by atoms with Crippen LogP contribution in [0.2, 0.25) is 0 Å². The Balaban J connectivity index is 1.38. The molecule has 1 saturated heterocycles. The van der Waals surface area contributed by atoms with Crippen molar-refractivity contribution in [1.82, 2.24) is 19.7 Å². The summed E-state index contributed by atoms with van der Waals surface area (Å²) in [6.45, 7) is 1.23. The zero-order chi connectivity index (χ0) is 24.8. The summed E-state index contributed by atoms with van der Waals surface area (Å²) in [6.07, 6.45) is 3.88. The molecule has 2 aromatic carbocycles. The Hall–Kier alpha value is -3.77. The number of non-ortho nitro benzene ring substituents is 1. The number of rotatable bonds is 9. The van der Waals surface area contributed by atoms with Crippen LogP contribution in [0.1, 0.15) is 24.0 Å². The number of aromatic nitrogens is 3. The Labute approximate surface area is 199 Å². The third-order valence-corrected chi connectivity index (χ3v) is 5.79. The number of aliphatic hydroxyl groups is 1. The highest BCUT2D eigenvalue weighted by Gasteiger charge is 2.36. The van der Waals surface area contributed by atoms with Gasteiger partial charge in [0.1, 0.15) is 36.5 Å². The maximum Gasteiger partial charge on any atom is 0.269 e. The van der Waals surface area contributed by atoms with Crippen LogP contribution in [0.25, 0.3) is 0 Å². The van der Waals surface area contributed by atoms with Crippen molar-refractivity contribution in [3.05, 3.63) is 88.0 Å². The number of nitrogens with zero attached hydrogens (tertiary/aromatic N) is 6. The number of oxime groups is 1. The minimum Gasteiger partial charge on any atom is -0.391 e. The lowest BCUT2D eigenvalue weighted by atomic mass is 9.91. The van der Waals surface area contributed by atoms with Crippen molar-refractivity contribution >= 4 is 11.4 Å². The van der Waals surface area contributed by atoms with E-state index in [-0.39, 0.29) is 30.9 Å². The highest BCUT2D eigenvalue weighted by molar-refractivity contribution is 5.84. The van der Waals surface area contributed by atoms with Gasteiger partial charge in [0.15, 0.2) is 0 Å². The van der Waals surface area contributed by atoms with E-state index in [1.165, 1.54) is 35.5 Å². The molecule has 4 rings (SSSR count). The molecule has 3 aromatic rings. The van der Waals surface area contributed by atoms with E-state index in [0.29, 0.717) is 31.5 Å². The van der Waals surface area contributed by atoms with Gasteiger partial charge in [-0.25, -0.2) is 18.4 Å². The van der Waals surface area contributed by atoms with Gasteiger partial charge in [-0.3, -0.25) is 15.0 Å². The second-order valence-corrected chi connectivity index (χ2v) is 8.38. The summed E-state index contributed by atoms with van der Waals surface area (Å²) < 4.78 is 29.5. The molecule has 35 heavy (non-hydrogen) atoms. The standard InChI is InChI=1S/C23H24F2N6O4/c24-18-4-5-21(22(25)11-18)23(32,14-30-16-26-15-27-30)13-29-8-6-19(7-9-29)28-35-12-17-2-1-3-20(10-17)31(33)34/h1-5,10-11,15-16,32H,6-9,12-14H2. The average molecular weight is 486 g/mol. The first kappa shape index (κ1) is 24.4. The van der Waals surface area contributed by atoms with E-state index in [4.69, 9.17) is 4.84 Å². The fourth-order valence-electron chi connectivity index (χ4n) is 4.06. The van der Waals surface area contributed by atoms with Crippen LogP contribution in [0, 0.1) is 21.7 Å². The largest absolute Gasteiger partial charge is 0.391 e. The molecule has 1 atom stereocenters. The van der Waals surface area contributed by atoms with Gasteiger partial charge in [-0.05, 0) is 11.6 Å². The number of likely N-dealkylation sites (tertiary alicyclic amines) is 1. The second kappa shape index (κ2) is 10.7. The highest BCUT2D eigenvalue weighted by atomic mass is 19.1. The third-order valence-electron chi connectivity index (χ3n) is 5.79. The SMILES string of the molecule is O=[N+]([O-])c1cccc(CON=C2CCN(CC(O)(Cn3cncn3)c3ccc(F)cc3F)CC2)c1. The molecule has 1 aliphatic rings. The van der Waals surface area contributed by atoms with Crippen LogP contribution in [0.15, 0.2) is 60.3 Å². The second-order valence-electron chi connectivity index (χ2n) is 8.38. The van der Waals surface area contributed by atoms with Crippen LogP contribution in [0.5, 0.6) is 0 Å². The van der Waals surface area contributed by atoms with Gasteiger partial charge in [0.25, 0.3) is 5.69 Å². The smallest absolute Gasteiger partial charge is 0.269 e. The lowest BCUT2D eigenvalue weighted by Gasteiger charge is -2.36. The molecule has 184 valence electrons. The van der Waals surface area contributed by atoms with Gasteiger partial charge >= 0.3 is 0 Å². The van der Waals surface area contributed by atoms with Gasteiger partial charge in [0.2, 0.25) is 0 Å². The van der Waals surface area contributed by atoms with Crippen molar-refractivity contribution < 1.29 is 23.6 Å². The summed E-state index contributed by atoms with van der Waals surface area (Å²) in [5.41, 5.74) is -0.240. The predicted octanol–water partition coefficient (Wildman–Crippen LogP) is 3.02. The van der Waals surface area contributed by atoms with Crippen LogP contribution >= 0.6 is 0 Å². The van der Waals surface area contributed by atoms with Crippen LogP contribution in [-0.4, -0.2) is 55.0 Å². The Kier molecular flexibility index (Phi) is 7.42. The molecule has 2 heterocycles. The van der Waals surface area contributed by atoms with Crippen molar-refractivity contribution in [2.24, 2.45) is 5.16 Å². The van der Waals surface area contributed by atoms with Crippen LogP contribution < -0.4 is 0 Å². The average Bonchev–Trinajstić information content (AvgIpc) is 3.33. The van der Waals surface area contributed by atoms with Crippen molar-refractivity contribution in [2.45, 2.75) is 31.6 Å². The molecule has 0 amide bonds. The van der Waals surface area contributed by atoms with E-state index in [1.54, 1.807) is 12.1 Å². The molecule has 1 fully saturated rings. The first-order valence-electron chi connectivity index (χ1n) is 11.0. The zero-order valence-electron chi connectivity index (χ0n) is 18.8. The Morgan fingerprint density at radius 3 is 2.66 bits per heavy atom. The first-order valence-corrected chi connectivity index (χ1v) is 11.0. The Morgan fingerprint density at radius 2 is 1.97 bits per heavy atom. The molecule has 0 saturated carbocycles. The number of hydrogen-bond acceptors (Lipinski definition) is 8. The van der Waals surface area contributed by atoms with E-state index in [9.17, 15) is 24.0 Å². The van der Waals surface area contributed by atoms with Gasteiger partial charge in [-0.15, -0.1) is 0 Å². The summed E-state index contributed by atoms with van der Waals surface area (Å²) in [7, 11) is 0. The summed E-state index contributed by atoms with van der Waals surface area (Å²) in [5.74, 6) is -1.56. The molecule has 1 unspecified atom stereocenters. The molecule has 1 aromatic heterocycles. The van der Waals surface area contributed by atoms with Crippen molar-refractivity contribution in [1.29, 1.82) is 0 Å². The lowest BCUT2D eigenvalue weighted by Crippen LogP contribution is -2.47. The first-order chi connectivity index (χ1) is 16.8. The fraction of sp³-hybridized carbons (Fsp3) is 0.348. The van der Waals surface area contributed by atoms with E-state index in [0.717, 1.165) is 17.8 Å². The summed E-state index contributed by atoms with van der Waals surface area (Å²) in [5, 5.41) is 30.5. The maximum absolute atomic E-state index is 14.6. The summed E-state index contributed by atoms with van der Waals surface area (Å²) >= 11 is 0. The van der Waals surface area contributed by atoms with Gasteiger partial charge in [-0.2, -0.15) is 5.10 Å². The van der Waals surface area contributed by atoms with Gasteiger partial charge < -0.3 is 9.94 Å². The van der Waals surface area contributed by atoms with E-state index in [2.05, 4.69) is 15.2 Å². The quantitative estimate of drug-likeness (QED) is 0.365. The lowest BCUT2D eigenvalue weighted by molar-refractivity contribution is -0.384. The normalized spacial score (nSPS) is 16.0. The molecule has 1 aliphatic heterocycles. The third kappa shape index (κ3) is 6.22. The van der Waals surface area contributed by atoms with Crippen molar-refractivity contribution in [2.75, 3.05) is 19.6 Å². The Bertz CT molecular complexity index is 1200. The number of β-amino-alcohol motifs (C(OH)–C–C–N with tert-alkyl or cyclic N) is 1. The summed E-state index contributed by atoms with van der Waals surface area (Å²) in [6, 6.07) is 9.28.